The van der Waals surface area contributed by atoms with Gasteiger partial charge in [0.15, 0.2) is 0 Å². The van der Waals surface area contributed by atoms with Crippen LogP contribution in [0.4, 0.5) is 17.6 Å². The number of nitrogens with one attached hydrogen (secondary N) is 1. The van der Waals surface area contributed by atoms with Gasteiger partial charge in [0.1, 0.15) is 11.6 Å². The van der Waals surface area contributed by atoms with Crippen LogP contribution in [0, 0.1) is 5.92 Å². The Hall–Kier alpha value is -1.52. The molecular formula is C12H21N5. The van der Waals surface area contributed by atoms with Gasteiger partial charge in [-0.2, -0.15) is 9.97 Å². The number of nitrogen functional groups attached to an aromatic ring is 1. The summed E-state index contributed by atoms with van der Waals surface area (Å²) in [7, 11) is 0. The van der Waals surface area contributed by atoms with Gasteiger partial charge in [-0.15, -0.1) is 0 Å². The Morgan fingerprint density at radius 3 is 2.76 bits per heavy atom. The van der Waals surface area contributed by atoms with E-state index in [1.54, 1.807) is 0 Å². The molecule has 5 heteroatoms. The first kappa shape index (κ1) is 12.0. The molecule has 0 amide bonds. The Morgan fingerprint density at radius 2 is 2.18 bits per heavy atom. The number of hydrogen-bond acceptors (Lipinski definition) is 5. The highest BCUT2D eigenvalue weighted by Crippen LogP contribution is 2.31. The molecule has 0 atom stereocenters. The quantitative estimate of drug-likeness (QED) is 0.786. The Morgan fingerprint density at radius 1 is 1.41 bits per heavy atom. The van der Waals surface area contributed by atoms with Crippen molar-refractivity contribution < 1.29 is 0 Å². The second kappa shape index (κ2) is 5.21. The first-order valence-electron chi connectivity index (χ1n) is 6.36. The molecule has 17 heavy (non-hydrogen) atoms. The van der Waals surface area contributed by atoms with E-state index in [1.807, 2.05) is 13.0 Å². The van der Waals surface area contributed by atoms with Crippen molar-refractivity contribution in [3.8, 4) is 0 Å². The molecule has 1 fully saturated rings. The van der Waals surface area contributed by atoms with Crippen molar-refractivity contribution in [2.24, 2.45) is 5.92 Å². The monoisotopic (exact) mass is 235 g/mol. The summed E-state index contributed by atoms with van der Waals surface area (Å²) in [6.07, 6.45) is 2.69. The number of hydrogen-bond donors (Lipinski definition) is 2. The molecule has 5 nitrogen and oxygen atoms in total. The van der Waals surface area contributed by atoms with E-state index < -0.39 is 0 Å². The first-order valence-corrected chi connectivity index (χ1v) is 6.36. The fourth-order valence-electron chi connectivity index (χ4n) is 1.88. The van der Waals surface area contributed by atoms with Gasteiger partial charge < -0.3 is 16.0 Å². The summed E-state index contributed by atoms with van der Waals surface area (Å²) in [5.41, 5.74) is 5.74. The molecule has 1 saturated carbocycles. The van der Waals surface area contributed by atoms with E-state index >= 15 is 0 Å². The molecule has 0 unspecified atom stereocenters. The van der Waals surface area contributed by atoms with Crippen molar-refractivity contribution in [2.45, 2.75) is 26.7 Å². The largest absolute Gasteiger partial charge is 0.370 e. The van der Waals surface area contributed by atoms with Gasteiger partial charge in [0.05, 0.1) is 0 Å². The van der Waals surface area contributed by atoms with E-state index in [2.05, 4.69) is 27.1 Å². The van der Waals surface area contributed by atoms with Crippen LogP contribution in [0.1, 0.15) is 26.7 Å². The summed E-state index contributed by atoms with van der Waals surface area (Å²) < 4.78 is 0. The van der Waals surface area contributed by atoms with E-state index in [0.717, 1.165) is 37.2 Å². The molecule has 1 aromatic heterocycles. The zero-order valence-electron chi connectivity index (χ0n) is 10.6. The van der Waals surface area contributed by atoms with E-state index in [-0.39, 0.29) is 0 Å². The van der Waals surface area contributed by atoms with Crippen molar-refractivity contribution >= 4 is 17.6 Å². The molecule has 1 aliphatic carbocycles. The fraction of sp³-hybridized carbons (Fsp3) is 0.667. The predicted octanol–water partition coefficient (Wildman–Crippen LogP) is 1.73. The number of aromatic nitrogens is 2. The zero-order valence-corrected chi connectivity index (χ0v) is 10.6. The SMILES string of the molecule is CCNc1cc(N(CC)CC2CC2)nc(N)n1. The minimum atomic E-state index is 0.340. The van der Waals surface area contributed by atoms with Crippen LogP contribution < -0.4 is 16.0 Å². The molecule has 0 bridgehead atoms. The molecule has 0 spiro atoms. The number of nitrogens with two attached hydrogens (primary N) is 1. The Kier molecular flexibility index (Phi) is 3.66. The molecular weight excluding hydrogens is 214 g/mol. The second-order valence-corrected chi connectivity index (χ2v) is 4.48. The van der Waals surface area contributed by atoms with Crippen LogP contribution in [0.3, 0.4) is 0 Å². The summed E-state index contributed by atoms with van der Waals surface area (Å²) >= 11 is 0. The standard InChI is InChI=1S/C12H21N5/c1-3-14-10-7-11(16-12(13)15-10)17(4-2)8-9-5-6-9/h7,9H,3-6,8H2,1-2H3,(H3,13,14,15,16). The molecule has 3 N–H and O–H groups in total. The van der Waals surface area contributed by atoms with Crippen molar-refractivity contribution in [1.29, 1.82) is 0 Å². The molecule has 0 saturated heterocycles. The van der Waals surface area contributed by atoms with Gasteiger partial charge in [-0.1, -0.05) is 0 Å². The van der Waals surface area contributed by atoms with E-state index in [9.17, 15) is 0 Å². The third kappa shape index (κ3) is 3.22. The molecule has 94 valence electrons. The van der Waals surface area contributed by atoms with Crippen molar-refractivity contribution in [1.82, 2.24) is 9.97 Å². The second-order valence-electron chi connectivity index (χ2n) is 4.48. The number of rotatable bonds is 6. The van der Waals surface area contributed by atoms with Gasteiger partial charge in [-0.3, -0.25) is 0 Å². The summed E-state index contributed by atoms with van der Waals surface area (Å²) in [5, 5.41) is 3.18. The van der Waals surface area contributed by atoms with Gasteiger partial charge in [-0.05, 0) is 32.6 Å². The average Bonchev–Trinajstić information content (AvgIpc) is 3.09. The molecule has 2 rings (SSSR count). The van der Waals surface area contributed by atoms with Crippen LogP contribution in [0.5, 0.6) is 0 Å². The molecule has 1 heterocycles. The summed E-state index contributed by atoms with van der Waals surface area (Å²) in [4.78, 5) is 10.8. The third-order valence-electron chi connectivity index (χ3n) is 2.97. The van der Waals surface area contributed by atoms with E-state index in [0.29, 0.717) is 5.95 Å². The van der Waals surface area contributed by atoms with Crippen LogP contribution >= 0.6 is 0 Å². The van der Waals surface area contributed by atoms with Crippen LogP contribution in [0.15, 0.2) is 6.07 Å². The number of anilines is 3. The lowest BCUT2D eigenvalue weighted by molar-refractivity contribution is 0.731. The maximum absolute atomic E-state index is 5.74. The Bertz CT molecular complexity index is 375. The fourth-order valence-corrected chi connectivity index (χ4v) is 1.88. The van der Waals surface area contributed by atoms with Crippen LogP contribution in [0.25, 0.3) is 0 Å². The van der Waals surface area contributed by atoms with Crippen molar-refractivity contribution in [3.63, 3.8) is 0 Å². The minimum Gasteiger partial charge on any atom is -0.370 e. The first-order chi connectivity index (χ1) is 8.22. The van der Waals surface area contributed by atoms with Crippen LogP contribution in [-0.2, 0) is 0 Å². The summed E-state index contributed by atoms with van der Waals surface area (Å²) in [6, 6.07) is 1.98. The van der Waals surface area contributed by atoms with Gasteiger partial charge in [0, 0.05) is 25.7 Å². The lowest BCUT2D eigenvalue weighted by Gasteiger charge is -2.22. The normalized spacial score (nSPS) is 14.7. The lowest BCUT2D eigenvalue weighted by Crippen LogP contribution is -2.26. The Labute approximate surface area is 102 Å². The Balaban J connectivity index is 2.15. The van der Waals surface area contributed by atoms with Crippen molar-refractivity contribution in [2.75, 3.05) is 35.6 Å². The molecule has 0 aromatic carbocycles. The minimum absolute atomic E-state index is 0.340. The van der Waals surface area contributed by atoms with Gasteiger partial charge in [0.25, 0.3) is 0 Å². The highest BCUT2D eigenvalue weighted by atomic mass is 15.2. The zero-order chi connectivity index (χ0) is 12.3. The summed E-state index contributed by atoms with van der Waals surface area (Å²) in [6.45, 7) is 7.06. The highest BCUT2D eigenvalue weighted by Gasteiger charge is 2.24. The highest BCUT2D eigenvalue weighted by molar-refractivity contribution is 5.52. The topological polar surface area (TPSA) is 67.1 Å². The molecule has 0 radical (unpaired) electrons. The average molecular weight is 235 g/mol. The smallest absolute Gasteiger partial charge is 0.223 e. The van der Waals surface area contributed by atoms with Crippen molar-refractivity contribution in [3.05, 3.63) is 6.07 Å². The van der Waals surface area contributed by atoms with Crippen LogP contribution in [0.2, 0.25) is 0 Å². The maximum Gasteiger partial charge on any atom is 0.223 e. The van der Waals surface area contributed by atoms with E-state index in [4.69, 9.17) is 5.73 Å². The van der Waals surface area contributed by atoms with E-state index in [1.165, 1.54) is 12.8 Å². The molecule has 0 aliphatic heterocycles. The maximum atomic E-state index is 5.74. The summed E-state index contributed by atoms with van der Waals surface area (Å²) in [5.74, 6) is 2.92. The number of nitrogens with zero attached hydrogens (tertiary/aromatic N) is 3. The van der Waals surface area contributed by atoms with Gasteiger partial charge in [0.2, 0.25) is 5.95 Å². The molecule has 1 aliphatic rings. The molecule has 1 aromatic rings. The predicted molar refractivity (Wildman–Crippen MR) is 71.2 cm³/mol. The lowest BCUT2D eigenvalue weighted by atomic mass is 10.3. The third-order valence-corrected chi connectivity index (χ3v) is 2.97. The van der Waals surface area contributed by atoms with Gasteiger partial charge in [-0.25, -0.2) is 0 Å². The van der Waals surface area contributed by atoms with Crippen LogP contribution in [-0.4, -0.2) is 29.6 Å². The van der Waals surface area contributed by atoms with Gasteiger partial charge >= 0.3 is 0 Å².